The summed E-state index contributed by atoms with van der Waals surface area (Å²) in [4.78, 5) is 29.0. The first-order chi connectivity index (χ1) is 9.78. The van der Waals surface area contributed by atoms with Crippen LogP contribution in [0.15, 0.2) is 24.5 Å². The number of likely N-dealkylation sites (tertiary alicyclic amines) is 1. The first kappa shape index (κ1) is 15.3. The number of carbonyl (C=O) groups excluding carboxylic acids is 1. The molecule has 0 bridgehead atoms. The summed E-state index contributed by atoms with van der Waals surface area (Å²) in [6.45, 7) is 5.85. The Kier molecular flexibility index (Phi) is 4.16. The van der Waals surface area contributed by atoms with Crippen molar-refractivity contribution in [3.63, 3.8) is 0 Å². The number of rotatable bonds is 2. The largest absolute Gasteiger partial charge is 0.481 e. The van der Waals surface area contributed by atoms with Crippen LogP contribution in [0.25, 0.3) is 0 Å². The van der Waals surface area contributed by atoms with E-state index in [1.807, 2.05) is 6.07 Å². The van der Waals surface area contributed by atoms with Crippen molar-refractivity contribution < 1.29 is 19.4 Å². The molecule has 1 N–H and O–H groups in total. The number of hydrogen-bond acceptors (Lipinski definition) is 4. The standard InChI is InChI=1S/C15H20N2O4/c1-15(2,3)21-14(20)17-8-11(12(9-17)13(18)19)10-5-4-6-16-7-10/h4-7,11-12H,8-9H2,1-3H3,(H,18,19)/t11-,12-/m0/s1. The maximum atomic E-state index is 12.1. The van der Waals surface area contributed by atoms with Gasteiger partial charge in [0.2, 0.25) is 0 Å². The molecule has 6 nitrogen and oxygen atoms in total. The fourth-order valence-electron chi connectivity index (χ4n) is 2.46. The SMILES string of the molecule is CC(C)(C)OC(=O)N1C[C@H](C(=O)O)[C@H](c2cccnc2)C1. The van der Waals surface area contributed by atoms with Crippen LogP contribution in [-0.4, -0.2) is 45.7 Å². The third-order valence-corrected chi connectivity index (χ3v) is 3.40. The lowest BCUT2D eigenvalue weighted by Gasteiger charge is -2.24. The van der Waals surface area contributed by atoms with Crippen molar-refractivity contribution in [1.82, 2.24) is 9.88 Å². The second-order valence-electron chi connectivity index (χ2n) is 6.22. The number of carboxylic acids is 1. The third kappa shape index (κ3) is 3.71. The van der Waals surface area contributed by atoms with Crippen LogP contribution < -0.4 is 0 Å². The molecular formula is C15H20N2O4. The second kappa shape index (κ2) is 5.71. The molecule has 1 amide bonds. The maximum Gasteiger partial charge on any atom is 0.410 e. The van der Waals surface area contributed by atoms with Crippen LogP contribution in [0.5, 0.6) is 0 Å². The monoisotopic (exact) mass is 292 g/mol. The van der Waals surface area contributed by atoms with Gasteiger partial charge in [0, 0.05) is 31.4 Å². The average Bonchev–Trinajstić information content (AvgIpc) is 2.83. The van der Waals surface area contributed by atoms with Gasteiger partial charge < -0.3 is 14.7 Å². The highest BCUT2D eigenvalue weighted by atomic mass is 16.6. The number of carboxylic acid groups (broad SMARTS) is 1. The average molecular weight is 292 g/mol. The summed E-state index contributed by atoms with van der Waals surface area (Å²) < 4.78 is 5.31. The minimum absolute atomic E-state index is 0.157. The highest BCUT2D eigenvalue weighted by molar-refractivity contribution is 5.75. The van der Waals surface area contributed by atoms with E-state index in [9.17, 15) is 14.7 Å². The zero-order chi connectivity index (χ0) is 15.6. The Morgan fingerprint density at radius 3 is 2.62 bits per heavy atom. The van der Waals surface area contributed by atoms with Crippen molar-refractivity contribution in [2.45, 2.75) is 32.3 Å². The Morgan fingerprint density at radius 2 is 2.10 bits per heavy atom. The maximum absolute atomic E-state index is 12.1. The molecule has 114 valence electrons. The lowest BCUT2D eigenvalue weighted by molar-refractivity contribution is -0.141. The minimum atomic E-state index is -0.907. The normalized spacial score (nSPS) is 22.1. The molecule has 1 aliphatic rings. The summed E-state index contributed by atoms with van der Waals surface area (Å²) in [5.41, 5.74) is 0.235. The molecule has 21 heavy (non-hydrogen) atoms. The number of aliphatic carboxylic acids is 1. The van der Waals surface area contributed by atoms with E-state index in [0.29, 0.717) is 6.54 Å². The van der Waals surface area contributed by atoms with Gasteiger partial charge in [-0.1, -0.05) is 6.07 Å². The molecule has 0 spiro atoms. The molecule has 1 fully saturated rings. The number of hydrogen-bond donors (Lipinski definition) is 1. The van der Waals surface area contributed by atoms with Gasteiger partial charge in [0.05, 0.1) is 5.92 Å². The molecule has 0 aromatic carbocycles. The van der Waals surface area contributed by atoms with E-state index >= 15 is 0 Å². The van der Waals surface area contributed by atoms with E-state index in [0.717, 1.165) is 5.56 Å². The van der Waals surface area contributed by atoms with Crippen LogP contribution in [0, 0.1) is 5.92 Å². The highest BCUT2D eigenvalue weighted by Gasteiger charge is 2.41. The predicted molar refractivity (Wildman–Crippen MR) is 75.9 cm³/mol. The number of pyridine rings is 1. The van der Waals surface area contributed by atoms with Gasteiger partial charge in [0.15, 0.2) is 0 Å². The zero-order valence-corrected chi connectivity index (χ0v) is 12.4. The molecule has 0 aliphatic carbocycles. The van der Waals surface area contributed by atoms with Crippen LogP contribution in [-0.2, 0) is 9.53 Å². The highest BCUT2D eigenvalue weighted by Crippen LogP contribution is 2.33. The summed E-state index contributed by atoms with van der Waals surface area (Å²) >= 11 is 0. The summed E-state index contributed by atoms with van der Waals surface area (Å²) in [6.07, 6.45) is 2.82. The molecule has 1 saturated heterocycles. The van der Waals surface area contributed by atoms with E-state index in [1.165, 1.54) is 4.90 Å². The molecule has 0 unspecified atom stereocenters. The van der Waals surface area contributed by atoms with E-state index in [4.69, 9.17) is 4.74 Å². The van der Waals surface area contributed by atoms with Gasteiger partial charge in [-0.05, 0) is 32.4 Å². The molecule has 0 radical (unpaired) electrons. The van der Waals surface area contributed by atoms with Gasteiger partial charge >= 0.3 is 12.1 Å². The number of aromatic nitrogens is 1. The van der Waals surface area contributed by atoms with Gasteiger partial charge in [0.25, 0.3) is 0 Å². The summed E-state index contributed by atoms with van der Waals surface area (Å²) in [5, 5.41) is 9.38. The van der Waals surface area contributed by atoms with E-state index in [2.05, 4.69) is 4.98 Å². The Bertz CT molecular complexity index is 524. The number of amides is 1. The minimum Gasteiger partial charge on any atom is -0.481 e. The van der Waals surface area contributed by atoms with Crippen molar-refractivity contribution in [3.05, 3.63) is 30.1 Å². The van der Waals surface area contributed by atoms with Crippen molar-refractivity contribution in [1.29, 1.82) is 0 Å². The Labute approximate surface area is 123 Å². The van der Waals surface area contributed by atoms with Crippen molar-refractivity contribution >= 4 is 12.1 Å². The molecule has 2 atom stereocenters. The Hall–Kier alpha value is -2.11. The lowest BCUT2D eigenvalue weighted by atomic mass is 9.90. The molecule has 1 aliphatic heterocycles. The summed E-state index contributed by atoms with van der Waals surface area (Å²) in [5.74, 6) is -1.81. The second-order valence-corrected chi connectivity index (χ2v) is 6.22. The molecule has 1 aromatic rings. The quantitative estimate of drug-likeness (QED) is 0.903. The number of carbonyl (C=O) groups is 2. The fraction of sp³-hybridized carbons (Fsp3) is 0.533. The van der Waals surface area contributed by atoms with E-state index < -0.39 is 23.6 Å². The zero-order valence-electron chi connectivity index (χ0n) is 12.4. The molecular weight excluding hydrogens is 272 g/mol. The van der Waals surface area contributed by atoms with Crippen molar-refractivity contribution in [2.24, 2.45) is 5.92 Å². The number of nitrogens with zero attached hydrogens (tertiary/aromatic N) is 2. The van der Waals surface area contributed by atoms with Gasteiger partial charge in [0.1, 0.15) is 5.60 Å². The smallest absolute Gasteiger partial charge is 0.410 e. The Morgan fingerprint density at radius 1 is 1.38 bits per heavy atom. The number of ether oxygens (including phenoxy) is 1. The molecule has 2 rings (SSSR count). The summed E-state index contributed by atoms with van der Waals surface area (Å²) in [7, 11) is 0. The van der Waals surface area contributed by atoms with Crippen LogP contribution in [0.2, 0.25) is 0 Å². The topological polar surface area (TPSA) is 79.7 Å². The van der Waals surface area contributed by atoms with Gasteiger partial charge in [-0.3, -0.25) is 9.78 Å². The lowest BCUT2D eigenvalue weighted by Crippen LogP contribution is -2.35. The van der Waals surface area contributed by atoms with Gasteiger partial charge in [-0.25, -0.2) is 4.79 Å². The Balaban J connectivity index is 2.16. The van der Waals surface area contributed by atoms with Crippen molar-refractivity contribution in [2.75, 3.05) is 13.1 Å². The molecule has 0 saturated carbocycles. The van der Waals surface area contributed by atoms with Gasteiger partial charge in [-0.2, -0.15) is 0 Å². The van der Waals surface area contributed by atoms with Crippen LogP contribution in [0.3, 0.4) is 0 Å². The molecule has 6 heteroatoms. The fourth-order valence-corrected chi connectivity index (χ4v) is 2.46. The summed E-state index contributed by atoms with van der Waals surface area (Å²) in [6, 6.07) is 3.61. The van der Waals surface area contributed by atoms with E-state index in [-0.39, 0.29) is 12.5 Å². The molecule has 1 aromatic heterocycles. The molecule has 2 heterocycles. The van der Waals surface area contributed by atoms with Gasteiger partial charge in [-0.15, -0.1) is 0 Å². The van der Waals surface area contributed by atoms with Crippen LogP contribution in [0.1, 0.15) is 32.3 Å². The van der Waals surface area contributed by atoms with Crippen LogP contribution in [0.4, 0.5) is 4.79 Å². The predicted octanol–water partition coefficient (Wildman–Crippen LogP) is 2.12. The van der Waals surface area contributed by atoms with Crippen LogP contribution >= 0.6 is 0 Å². The van der Waals surface area contributed by atoms with Crippen molar-refractivity contribution in [3.8, 4) is 0 Å². The third-order valence-electron chi connectivity index (χ3n) is 3.40. The first-order valence-corrected chi connectivity index (χ1v) is 6.88. The first-order valence-electron chi connectivity index (χ1n) is 6.88. The van der Waals surface area contributed by atoms with E-state index in [1.54, 1.807) is 39.2 Å².